The summed E-state index contributed by atoms with van der Waals surface area (Å²) in [7, 11) is 1.70. The van der Waals surface area contributed by atoms with Crippen molar-refractivity contribution in [2.24, 2.45) is 5.92 Å². The number of carbonyl (C=O) groups excluding carboxylic acids is 1. The molecule has 2 unspecified atom stereocenters. The summed E-state index contributed by atoms with van der Waals surface area (Å²) >= 11 is 0. The third kappa shape index (κ3) is 5.35. The molecule has 140 valence electrons. The van der Waals surface area contributed by atoms with Gasteiger partial charge in [-0.25, -0.2) is 0 Å². The van der Waals surface area contributed by atoms with Gasteiger partial charge in [-0.15, -0.1) is 0 Å². The van der Waals surface area contributed by atoms with Crippen LogP contribution in [0, 0.1) is 5.92 Å². The molecule has 0 saturated carbocycles. The Balaban J connectivity index is 2.37. The van der Waals surface area contributed by atoms with E-state index in [2.05, 4.69) is 25.1 Å². The zero-order valence-corrected chi connectivity index (χ0v) is 16.1. The van der Waals surface area contributed by atoms with Gasteiger partial charge in [0.1, 0.15) is 5.75 Å². The van der Waals surface area contributed by atoms with E-state index >= 15 is 0 Å². The summed E-state index contributed by atoms with van der Waals surface area (Å²) in [6.45, 7) is 4.44. The maximum absolute atomic E-state index is 12.5. The van der Waals surface area contributed by atoms with E-state index in [1.807, 2.05) is 43.3 Å². The molecule has 2 aromatic carbocycles. The number of unbranched alkanes of at least 4 members (excludes halogenated alkanes) is 1. The summed E-state index contributed by atoms with van der Waals surface area (Å²) < 4.78 is 11.0. The van der Waals surface area contributed by atoms with Gasteiger partial charge < -0.3 is 9.47 Å². The number of methoxy groups -OCH3 is 1. The fraction of sp³-hybridized carbons (Fsp3) is 0.435. The molecule has 0 bridgehead atoms. The fourth-order valence-corrected chi connectivity index (χ4v) is 3.41. The van der Waals surface area contributed by atoms with Crippen LogP contribution in [0.3, 0.4) is 0 Å². The Morgan fingerprint density at radius 2 is 1.69 bits per heavy atom. The normalized spacial score (nSPS) is 13.0. The van der Waals surface area contributed by atoms with E-state index in [0.29, 0.717) is 6.61 Å². The van der Waals surface area contributed by atoms with Crippen LogP contribution in [-0.2, 0) is 9.53 Å². The zero-order chi connectivity index (χ0) is 18.8. The Morgan fingerprint density at radius 1 is 1.00 bits per heavy atom. The molecule has 2 aromatic rings. The average Bonchev–Trinajstić information content (AvgIpc) is 2.69. The Morgan fingerprint density at radius 3 is 2.35 bits per heavy atom. The Labute approximate surface area is 157 Å². The summed E-state index contributed by atoms with van der Waals surface area (Å²) in [5, 5.41) is 0. The second-order valence-electron chi connectivity index (χ2n) is 6.53. The van der Waals surface area contributed by atoms with Gasteiger partial charge >= 0.3 is 5.97 Å². The van der Waals surface area contributed by atoms with Crippen LogP contribution in [0.1, 0.15) is 56.6 Å². The van der Waals surface area contributed by atoms with E-state index in [9.17, 15) is 4.79 Å². The topological polar surface area (TPSA) is 35.5 Å². The molecule has 2 atom stereocenters. The molecular weight excluding hydrogens is 324 g/mol. The van der Waals surface area contributed by atoms with Gasteiger partial charge in [0.2, 0.25) is 0 Å². The van der Waals surface area contributed by atoms with Gasteiger partial charge in [-0.05, 0) is 31.4 Å². The van der Waals surface area contributed by atoms with Gasteiger partial charge in [0.05, 0.1) is 19.6 Å². The maximum atomic E-state index is 12.5. The van der Waals surface area contributed by atoms with Crippen molar-refractivity contribution in [3.8, 4) is 5.75 Å². The lowest BCUT2D eigenvalue weighted by atomic mass is 9.81. The lowest BCUT2D eigenvalue weighted by Crippen LogP contribution is -2.21. The molecule has 0 aromatic heterocycles. The van der Waals surface area contributed by atoms with E-state index in [1.54, 1.807) is 7.11 Å². The van der Waals surface area contributed by atoms with Gasteiger partial charge in [0.15, 0.2) is 0 Å². The molecule has 2 rings (SSSR count). The molecule has 0 heterocycles. The average molecular weight is 354 g/mol. The molecule has 0 amide bonds. The van der Waals surface area contributed by atoms with E-state index in [0.717, 1.165) is 37.0 Å². The summed E-state index contributed by atoms with van der Waals surface area (Å²) in [5.74, 6) is 0.764. The van der Waals surface area contributed by atoms with Crippen molar-refractivity contribution in [2.45, 2.75) is 45.4 Å². The molecule has 0 spiro atoms. The molecular formula is C23H30O3. The Kier molecular flexibility index (Phi) is 8.20. The second-order valence-corrected chi connectivity index (χ2v) is 6.53. The molecule has 3 heteroatoms. The molecule has 0 aliphatic carbocycles. The minimum Gasteiger partial charge on any atom is -0.496 e. The first-order chi connectivity index (χ1) is 12.7. The second kappa shape index (κ2) is 10.6. The van der Waals surface area contributed by atoms with Crippen LogP contribution in [0.15, 0.2) is 54.6 Å². The van der Waals surface area contributed by atoms with Gasteiger partial charge in [-0.3, -0.25) is 4.79 Å². The first kappa shape index (κ1) is 20.0. The zero-order valence-electron chi connectivity index (χ0n) is 16.1. The standard InChI is InChI=1S/C23H30O3/c1-4-6-12-19(23(24)26-5-2)17-21(18-13-8-7-9-14-18)20-15-10-11-16-22(20)25-3/h7-11,13-16,19,21H,4-6,12,17H2,1-3H3. The maximum Gasteiger partial charge on any atom is 0.308 e. The van der Waals surface area contributed by atoms with Crippen LogP contribution in [-0.4, -0.2) is 19.7 Å². The number of rotatable bonds is 10. The summed E-state index contributed by atoms with van der Waals surface area (Å²) in [5.41, 5.74) is 2.31. The summed E-state index contributed by atoms with van der Waals surface area (Å²) in [4.78, 5) is 12.5. The third-order valence-corrected chi connectivity index (χ3v) is 4.76. The van der Waals surface area contributed by atoms with Crippen LogP contribution in [0.5, 0.6) is 5.75 Å². The molecule has 3 nitrogen and oxygen atoms in total. The van der Waals surface area contributed by atoms with Crippen molar-refractivity contribution in [3.63, 3.8) is 0 Å². The first-order valence-electron chi connectivity index (χ1n) is 9.55. The molecule has 0 aliphatic rings. The number of hydrogen-bond donors (Lipinski definition) is 0. The minimum atomic E-state index is -0.106. The van der Waals surface area contributed by atoms with Gasteiger partial charge in [0, 0.05) is 11.5 Å². The number of esters is 1. The van der Waals surface area contributed by atoms with Gasteiger partial charge in [-0.2, -0.15) is 0 Å². The molecule has 0 fully saturated rings. The molecule has 0 aliphatic heterocycles. The molecule has 0 saturated heterocycles. The van der Waals surface area contributed by atoms with Crippen LogP contribution in [0.4, 0.5) is 0 Å². The van der Waals surface area contributed by atoms with Crippen molar-refractivity contribution >= 4 is 5.97 Å². The number of carbonyl (C=O) groups is 1. The quantitative estimate of drug-likeness (QED) is 0.522. The number of ether oxygens (including phenoxy) is 2. The minimum absolute atomic E-state index is 0.0863. The van der Waals surface area contributed by atoms with Crippen molar-refractivity contribution in [2.75, 3.05) is 13.7 Å². The highest BCUT2D eigenvalue weighted by Gasteiger charge is 2.27. The van der Waals surface area contributed by atoms with Crippen molar-refractivity contribution in [1.29, 1.82) is 0 Å². The summed E-state index contributed by atoms with van der Waals surface area (Å²) in [6.07, 6.45) is 3.68. The van der Waals surface area contributed by atoms with Crippen molar-refractivity contribution in [3.05, 3.63) is 65.7 Å². The first-order valence-corrected chi connectivity index (χ1v) is 9.55. The summed E-state index contributed by atoms with van der Waals surface area (Å²) in [6, 6.07) is 18.4. The lowest BCUT2D eigenvalue weighted by molar-refractivity contribution is -0.148. The number of para-hydroxylation sites is 1. The van der Waals surface area contributed by atoms with Crippen LogP contribution in [0.25, 0.3) is 0 Å². The van der Waals surface area contributed by atoms with Crippen LogP contribution in [0.2, 0.25) is 0 Å². The van der Waals surface area contributed by atoms with Crippen LogP contribution >= 0.6 is 0 Å². The van der Waals surface area contributed by atoms with Gasteiger partial charge in [0.25, 0.3) is 0 Å². The van der Waals surface area contributed by atoms with E-state index in [4.69, 9.17) is 9.47 Å². The number of hydrogen-bond acceptors (Lipinski definition) is 3. The monoisotopic (exact) mass is 354 g/mol. The number of benzene rings is 2. The highest BCUT2D eigenvalue weighted by molar-refractivity contribution is 5.72. The highest BCUT2D eigenvalue weighted by atomic mass is 16.5. The highest BCUT2D eigenvalue weighted by Crippen LogP contribution is 2.37. The third-order valence-electron chi connectivity index (χ3n) is 4.76. The largest absolute Gasteiger partial charge is 0.496 e. The van der Waals surface area contributed by atoms with Gasteiger partial charge in [-0.1, -0.05) is 68.3 Å². The van der Waals surface area contributed by atoms with E-state index in [-0.39, 0.29) is 17.8 Å². The lowest BCUT2D eigenvalue weighted by Gasteiger charge is -2.25. The van der Waals surface area contributed by atoms with E-state index in [1.165, 1.54) is 5.56 Å². The fourth-order valence-electron chi connectivity index (χ4n) is 3.41. The van der Waals surface area contributed by atoms with E-state index < -0.39 is 0 Å². The Bertz CT molecular complexity index is 666. The molecule has 26 heavy (non-hydrogen) atoms. The predicted molar refractivity (Wildman–Crippen MR) is 106 cm³/mol. The molecule has 0 radical (unpaired) electrons. The van der Waals surface area contributed by atoms with Crippen LogP contribution < -0.4 is 4.74 Å². The molecule has 0 N–H and O–H groups in total. The SMILES string of the molecule is CCCCC(CC(c1ccccc1)c1ccccc1OC)C(=O)OCC. The predicted octanol–water partition coefficient (Wildman–Crippen LogP) is 5.59. The Hall–Kier alpha value is -2.29. The van der Waals surface area contributed by atoms with Crippen molar-refractivity contribution in [1.82, 2.24) is 0 Å². The smallest absolute Gasteiger partial charge is 0.308 e. The van der Waals surface area contributed by atoms with Crippen molar-refractivity contribution < 1.29 is 14.3 Å².